The fourth-order valence-electron chi connectivity index (χ4n) is 3.16. The number of phenols is 2. The van der Waals surface area contributed by atoms with Crippen LogP contribution in [0.2, 0.25) is 0 Å². The number of nitrogens with zero attached hydrogens (tertiary/aromatic N) is 2. The average Bonchev–Trinajstić information content (AvgIpc) is 2.80. The molecule has 6 nitrogen and oxygen atoms in total. The summed E-state index contributed by atoms with van der Waals surface area (Å²) in [7, 11) is 3.16. The number of methoxy groups -OCH3 is 2. The molecule has 6 heteroatoms. The molecule has 0 saturated heterocycles. The van der Waals surface area contributed by atoms with Crippen LogP contribution in [0.15, 0.2) is 73.1 Å². The standard InChI is InChI=1S/C24H20N2O4/c1-29-17-5-9-23(27)19(11-17)15-3-7-21(25-13-15)22-8-4-16(14-26-22)20-12-18(30-2)6-10-24(20)28/h3-14,27-28H,1-2H3. The van der Waals surface area contributed by atoms with E-state index in [-0.39, 0.29) is 11.5 Å². The Labute approximate surface area is 174 Å². The van der Waals surface area contributed by atoms with Crippen LogP contribution in [0.4, 0.5) is 0 Å². The molecule has 150 valence electrons. The van der Waals surface area contributed by atoms with Crippen molar-refractivity contribution < 1.29 is 19.7 Å². The van der Waals surface area contributed by atoms with Crippen LogP contribution in [0.25, 0.3) is 33.6 Å². The maximum atomic E-state index is 10.1. The summed E-state index contributed by atoms with van der Waals surface area (Å²) in [6.07, 6.45) is 3.38. The summed E-state index contributed by atoms with van der Waals surface area (Å²) in [4.78, 5) is 8.97. The lowest BCUT2D eigenvalue weighted by atomic mass is 10.0. The maximum Gasteiger partial charge on any atom is 0.123 e. The summed E-state index contributed by atoms with van der Waals surface area (Å²) in [5, 5.41) is 20.3. The van der Waals surface area contributed by atoms with Crippen LogP contribution in [0, 0.1) is 0 Å². The molecule has 0 amide bonds. The number of aromatic nitrogens is 2. The van der Waals surface area contributed by atoms with E-state index in [2.05, 4.69) is 9.97 Å². The molecule has 0 spiro atoms. The molecule has 0 aliphatic heterocycles. The molecule has 4 aromatic rings. The third-order valence-electron chi connectivity index (χ3n) is 4.82. The number of ether oxygens (including phenoxy) is 2. The Morgan fingerprint density at radius 3 is 1.37 bits per heavy atom. The Kier molecular flexibility index (Phi) is 5.22. The van der Waals surface area contributed by atoms with Gasteiger partial charge < -0.3 is 19.7 Å². The number of aromatic hydroxyl groups is 2. The summed E-state index contributed by atoms with van der Waals surface area (Å²) >= 11 is 0. The molecule has 2 heterocycles. The van der Waals surface area contributed by atoms with Crippen molar-refractivity contribution >= 4 is 0 Å². The number of rotatable bonds is 5. The van der Waals surface area contributed by atoms with E-state index < -0.39 is 0 Å². The van der Waals surface area contributed by atoms with Gasteiger partial charge in [-0.25, -0.2) is 0 Å². The van der Waals surface area contributed by atoms with Gasteiger partial charge in [0.25, 0.3) is 0 Å². The van der Waals surface area contributed by atoms with E-state index in [9.17, 15) is 10.2 Å². The average molecular weight is 400 g/mol. The summed E-state index contributed by atoms with van der Waals surface area (Å²) < 4.78 is 10.5. The third-order valence-corrected chi connectivity index (χ3v) is 4.82. The van der Waals surface area contributed by atoms with Crippen molar-refractivity contribution in [1.29, 1.82) is 0 Å². The highest BCUT2D eigenvalue weighted by molar-refractivity contribution is 5.74. The van der Waals surface area contributed by atoms with Gasteiger partial charge in [0.15, 0.2) is 0 Å². The fraction of sp³-hybridized carbons (Fsp3) is 0.0833. The highest BCUT2D eigenvalue weighted by Gasteiger charge is 2.10. The smallest absolute Gasteiger partial charge is 0.123 e. The normalized spacial score (nSPS) is 10.6. The van der Waals surface area contributed by atoms with Crippen LogP contribution in [0.1, 0.15) is 0 Å². The zero-order valence-corrected chi connectivity index (χ0v) is 16.5. The molecular formula is C24H20N2O4. The van der Waals surface area contributed by atoms with Crippen LogP contribution in [0.5, 0.6) is 23.0 Å². The van der Waals surface area contributed by atoms with E-state index in [0.29, 0.717) is 34.0 Å². The molecule has 0 aliphatic rings. The maximum absolute atomic E-state index is 10.1. The van der Waals surface area contributed by atoms with Crippen LogP contribution in [-0.4, -0.2) is 34.4 Å². The Hall–Kier alpha value is -4.06. The topological polar surface area (TPSA) is 84.7 Å². The molecule has 0 radical (unpaired) electrons. The largest absolute Gasteiger partial charge is 0.507 e. The van der Waals surface area contributed by atoms with Crippen LogP contribution in [0.3, 0.4) is 0 Å². The summed E-state index contributed by atoms with van der Waals surface area (Å²) in [5.74, 6) is 1.63. The lowest BCUT2D eigenvalue weighted by molar-refractivity contribution is 0.412. The molecule has 0 aliphatic carbocycles. The predicted octanol–water partition coefficient (Wildman–Crippen LogP) is 4.91. The summed E-state index contributed by atoms with van der Waals surface area (Å²) in [6.45, 7) is 0. The molecule has 4 rings (SSSR count). The van der Waals surface area contributed by atoms with Gasteiger partial charge in [-0.2, -0.15) is 0 Å². The molecule has 0 fully saturated rings. The van der Waals surface area contributed by atoms with E-state index in [0.717, 1.165) is 11.1 Å². The second-order valence-corrected chi connectivity index (χ2v) is 6.63. The Morgan fingerprint density at radius 1 is 0.600 bits per heavy atom. The SMILES string of the molecule is COc1ccc(O)c(-c2ccc(-c3ccc(-c4cc(OC)ccc4O)cn3)nc2)c1. The van der Waals surface area contributed by atoms with Crippen molar-refractivity contribution in [2.75, 3.05) is 14.2 Å². The first-order chi connectivity index (χ1) is 14.6. The van der Waals surface area contributed by atoms with Gasteiger partial charge in [0.05, 0.1) is 25.6 Å². The Balaban J connectivity index is 1.61. The molecule has 0 saturated carbocycles. The van der Waals surface area contributed by atoms with Gasteiger partial charge in [-0.05, 0) is 48.5 Å². The van der Waals surface area contributed by atoms with Gasteiger partial charge >= 0.3 is 0 Å². The van der Waals surface area contributed by atoms with Gasteiger partial charge in [-0.1, -0.05) is 12.1 Å². The second-order valence-electron chi connectivity index (χ2n) is 6.63. The van der Waals surface area contributed by atoms with Crippen LogP contribution < -0.4 is 9.47 Å². The number of pyridine rings is 2. The summed E-state index contributed by atoms with van der Waals surface area (Å²) in [5.41, 5.74) is 4.22. The Bertz CT molecular complexity index is 1080. The molecule has 2 aromatic carbocycles. The number of phenolic OH excluding ortho intramolecular Hbond substituents is 2. The van der Waals surface area contributed by atoms with Crippen molar-refractivity contribution in [2.24, 2.45) is 0 Å². The van der Waals surface area contributed by atoms with E-state index >= 15 is 0 Å². The highest BCUT2D eigenvalue weighted by atomic mass is 16.5. The second kappa shape index (κ2) is 8.13. The zero-order chi connectivity index (χ0) is 21.1. The first-order valence-electron chi connectivity index (χ1n) is 9.26. The van der Waals surface area contributed by atoms with Crippen molar-refractivity contribution in [3.63, 3.8) is 0 Å². The van der Waals surface area contributed by atoms with E-state index in [1.165, 1.54) is 0 Å². The predicted molar refractivity (Wildman–Crippen MR) is 115 cm³/mol. The molecule has 0 atom stereocenters. The first-order valence-corrected chi connectivity index (χ1v) is 9.26. The number of benzene rings is 2. The fourth-order valence-corrected chi connectivity index (χ4v) is 3.16. The number of hydrogen-bond donors (Lipinski definition) is 2. The van der Waals surface area contributed by atoms with Crippen molar-refractivity contribution in [3.8, 4) is 56.6 Å². The first kappa shape index (κ1) is 19.3. The van der Waals surface area contributed by atoms with Crippen molar-refractivity contribution in [1.82, 2.24) is 9.97 Å². The molecule has 30 heavy (non-hydrogen) atoms. The van der Waals surface area contributed by atoms with Gasteiger partial charge in [-0.3, -0.25) is 9.97 Å². The lowest BCUT2D eigenvalue weighted by Crippen LogP contribution is -1.90. The quantitative estimate of drug-likeness (QED) is 0.495. The minimum absolute atomic E-state index is 0.158. The third kappa shape index (κ3) is 3.75. The zero-order valence-electron chi connectivity index (χ0n) is 16.5. The van der Waals surface area contributed by atoms with Gasteiger partial charge in [-0.15, -0.1) is 0 Å². The molecular weight excluding hydrogens is 380 g/mol. The van der Waals surface area contributed by atoms with Gasteiger partial charge in [0.1, 0.15) is 23.0 Å². The van der Waals surface area contributed by atoms with Crippen LogP contribution >= 0.6 is 0 Å². The lowest BCUT2D eigenvalue weighted by Gasteiger charge is -2.09. The van der Waals surface area contributed by atoms with Crippen molar-refractivity contribution in [2.45, 2.75) is 0 Å². The monoisotopic (exact) mass is 400 g/mol. The minimum atomic E-state index is 0.158. The minimum Gasteiger partial charge on any atom is -0.507 e. The molecule has 2 aromatic heterocycles. The van der Waals surface area contributed by atoms with Crippen LogP contribution in [-0.2, 0) is 0 Å². The highest BCUT2D eigenvalue weighted by Crippen LogP contribution is 2.34. The molecule has 2 N–H and O–H groups in total. The molecule has 0 unspecified atom stereocenters. The van der Waals surface area contributed by atoms with E-state index in [1.54, 1.807) is 63.0 Å². The number of hydrogen-bond acceptors (Lipinski definition) is 6. The van der Waals surface area contributed by atoms with Gasteiger partial charge in [0.2, 0.25) is 0 Å². The van der Waals surface area contributed by atoms with E-state index in [4.69, 9.17) is 9.47 Å². The Morgan fingerprint density at radius 2 is 1.03 bits per heavy atom. The summed E-state index contributed by atoms with van der Waals surface area (Å²) in [6, 6.07) is 17.6. The van der Waals surface area contributed by atoms with E-state index in [1.807, 2.05) is 24.3 Å². The van der Waals surface area contributed by atoms with Gasteiger partial charge in [0, 0.05) is 34.6 Å². The molecule has 0 bridgehead atoms. The van der Waals surface area contributed by atoms with Crippen molar-refractivity contribution in [3.05, 3.63) is 73.1 Å².